The zero-order valence-electron chi connectivity index (χ0n) is 11.3. The van der Waals surface area contributed by atoms with Crippen LogP contribution in [0.4, 0.5) is 0 Å². The number of carbonyl (C=O) groups is 1. The summed E-state index contributed by atoms with van der Waals surface area (Å²) in [4.78, 5) is 16.3. The van der Waals surface area contributed by atoms with Gasteiger partial charge in [-0.25, -0.2) is 0 Å². The number of hydrogen-bond donors (Lipinski definition) is 1. The molecule has 0 bridgehead atoms. The molecule has 1 rings (SSSR count). The summed E-state index contributed by atoms with van der Waals surface area (Å²) in [6.45, 7) is 5.60. The van der Waals surface area contributed by atoms with E-state index >= 15 is 0 Å². The summed E-state index contributed by atoms with van der Waals surface area (Å²) in [6.07, 6.45) is 5.26. The van der Waals surface area contributed by atoms with Crippen molar-refractivity contribution in [2.75, 3.05) is 33.2 Å². The predicted molar refractivity (Wildman–Crippen MR) is 70.8 cm³/mol. The van der Waals surface area contributed by atoms with Crippen LogP contribution in [0.2, 0.25) is 0 Å². The highest BCUT2D eigenvalue weighted by Crippen LogP contribution is 2.12. The van der Waals surface area contributed by atoms with Crippen molar-refractivity contribution in [1.82, 2.24) is 9.80 Å². The minimum atomic E-state index is 0.198. The van der Waals surface area contributed by atoms with E-state index < -0.39 is 0 Å². The molecule has 0 radical (unpaired) electrons. The Hall–Kier alpha value is -0.610. The molecule has 0 saturated carbocycles. The summed E-state index contributed by atoms with van der Waals surface area (Å²) in [5.74, 6) is 0.281. The van der Waals surface area contributed by atoms with E-state index in [0.717, 1.165) is 38.9 Å². The number of carbonyl (C=O) groups excluding carboxylic acids is 1. The molecule has 0 aromatic carbocycles. The maximum Gasteiger partial charge on any atom is 0.224 e. The van der Waals surface area contributed by atoms with E-state index in [1.807, 2.05) is 4.90 Å². The number of likely N-dealkylation sites (tertiary alicyclic amines) is 1. The number of hydrogen-bond acceptors (Lipinski definition) is 3. The van der Waals surface area contributed by atoms with Gasteiger partial charge >= 0.3 is 0 Å². The predicted octanol–water partition coefficient (Wildman–Crippen LogP) is 1.06. The third-order valence-corrected chi connectivity index (χ3v) is 3.59. The van der Waals surface area contributed by atoms with Crippen molar-refractivity contribution in [3.8, 4) is 0 Å². The SMILES string of the molecule is CCCN(C)C(CN)CC(=O)N1CCCCC1. The Labute approximate surface area is 105 Å². The Kier molecular flexibility index (Phi) is 6.52. The number of rotatable bonds is 6. The van der Waals surface area contributed by atoms with Crippen molar-refractivity contribution in [3.63, 3.8) is 0 Å². The van der Waals surface area contributed by atoms with Crippen LogP contribution in [0, 0.1) is 0 Å². The van der Waals surface area contributed by atoms with Crippen LogP contribution < -0.4 is 5.73 Å². The molecule has 4 nitrogen and oxygen atoms in total. The minimum absolute atomic E-state index is 0.198. The number of piperidine rings is 1. The summed E-state index contributed by atoms with van der Waals surface area (Å²) >= 11 is 0. The van der Waals surface area contributed by atoms with Crippen LogP contribution in [0.25, 0.3) is 0 Å². The average Bonchev–Trinajstić information content (AvgIpc) is 2.37. The zero-order valence-corrected chi connectivity index (χ0v) is 11.3. The molecule has 1 aliphatic rings. The third-order valence-electron chi connectivity index (χ3n) is 3.59. The standard InChI is InChI=1S/C13H27N3O/c1-3-7-15(2)12(11-14)10-13(17)16-8-5-4-6-9-16/h12H,3-11,14H2,1-2H3. The van der Waals surface area contributed by atoms with Crippen LogP contribution in [0.3, 0.4) is 0 Å². The maximum absolute atomic E-state index is 12.1. The Morgan fingerprint density at radius 1 is 1.35 bits per heavy atom. The fourth-order valence-electron chi connectivity index (χ4n) is 2.43. The highest BCUT2D eigenvalue weighted by atomic mass is 16.2. The molecule has 1 atom stereocenters. The molecule has 100 valence electrons. The first kappa shape index (κ1) is 14.5. The Bertz CT molecular complexity index is 227. The first-order valence-electron chi connectivity index (χ1n) is 6.87. The monoisotopic (exact) mass is 241 g/mol. The van der Waals surface area contributed by atoms with Gasteiger partial charge in [-0.2, -0.15) is 0 Å². The molecule has 0 spiro atoms. The van der Waals surface area contributed by atoms with E-state index in [1.165, 1.54) is 6.42 Å². The van der Waals surface area contributed by atoms with Crippen LogP contribution in [-0.4, -0.2) is 55.0 Å². The quantitative estimate of drug-likeness (QED) is 0.756. The molecule has 1 amide bonds. The van der Waals surface area contributed by atoms with Crippen molar-refractivity contribution in [3.05, 3.63) is 0 Å². The normalized spacial score (nSPS) is 18.5. The Balaban J connectivity index is 2.40. The van der Waals surface area contributed by atoms with E-state index in [0.29, 0.717) is 13.0 Å². The van der Waals surface area contributed by atoms with Crippen molar-refractivity contribution in [2.24, 2.45) is 5.73 Å². The number of likely N-dealkylation sites (N-methyl/N-ethyl adjacent to an activating group) is 1. The summed E-state index contributed by atoms with van der Waals surface area (Å²) in [7, 11) is 2.06. The molecule has 1 aliphatic heterocycles. The lowest BCUT2D eigenvalue weighted by Gasteiger charge is -2.31. The van der Waals surface area contributed by atoms with Crippen LogP contribution in [0.15, 0.2) is 0 Å². The number of nitrogens with zero attached hydrogens (tertiary/aromatic N) is 2. The second-order valence-electron chi connectivity index (χ2n) is 5.02. The molecule has 17 heavy (non-hydrogen) atoms. The summed E-state index contributed by atoms with van der Waals surface area (Å²) in [6, 6.07) is 0.198. The summed E-state index contributed by atoms with van der Waals surface area (Å²) in [5.41, 5.74) is 5.77. The van der Waals surface area contributed by atoms with Gasteiger partial charge in [0.15, 0.2) is 0 Å². The van der Waals surface area contributed by atoms with Gasteiger partial charge in [0.05, 0.1) is 0 Å². The van der Waals surface area contributed by atoms with Gasteiger partial charge in [0.1, 0.15) is 0 Å². The molecule has 4 heteroatoms. The van der Waals surface area contributed by atoms with Gasteiger partial charge in [-0.3, -0.25) is 4.79 Å². The second-order valence-corrected chi connectivity index (χ2v) is 5.02. The summed E-state index contributed by atoms with van der Waals surface area (Å²) < 4.78 is 0. The highest BCUT2D eigenvalue weighted by Gasteiger charge is 2.22. The number of nitrogens with two attached hydrogens (primary N) is 1. The molecule has 1 heterocycles. The molecule has 0 aliphatic carbocycles. The molecule has 1 fully saturated rings. The zero-order chi connectivity index (χ0) is 12.7. The number of amides is 1. The van der Waals surface area contributed by atoms with Crippen molar-refractivity contribution >= 4 is 5.91 Å². The van der Waals surface area contributed by atoms with E-state index in [1.54, 1.807) is 0 Å². The lowest BCUT2D eigenvalue weighted by molar-refractivity contribution is -0.133. The van der Waals surface area contributed by atoms with Gasteiger partial charge in [0.25, 0.3) is 0 Å². The van der Waals surface area contributed by atoms with E-state index in [2.05, 4.69) is 18.9 Å². The van der Waals surface area contributed by atoms with Crippen molar-refractivity contribution < 1.29 is 4.79 Å². The van der Waals surface area contributed by atoms with E-state index in [9.17, 15) is 4.79 Å². The fraction of sp³-hybridized carbons (Fsp3) is 0.923. The fourth-order valence-corrected chi connectivity index (χ4v) is 2.43. The molecule has 0 aromatic heterocycles. The largest absolute Gasteiger partial charge is 0.343 e. The van der Waals surface area contributed by atoms with Crippen molar-refractivity contribution in [2.45, 2.75) is 45.1 Å². The molecule has 1 unspecified atom stereocenters. The van der Waals surface area contributed by atoms with Crippen molar-refractivity contribution in [1.29, 1.82) is 0 Å². The van der Waals surface area contributed by atoms with Gasteiger partial charge in [-0.05, 0) is 39.3 Å². The lowest BCUT2D eigenvalue weighted by Crippen LogP contribution is -2.44. The molecular formula is C13H27N3O. The molecular weight excluding hydrogens is 214 g/mol. The Morgan fingerprint density at radius 2 is 2.00 bits per heavy atom. The van der Waals surface area contributed by atoms with Gasteiger partial charge in [-0.1, -0.05) is 6.92 Å². The topological polar surface area (TPSA) is 49.6 Å². The smallest absolute Gasteiger partial charge is 0.224 e. The molecule has 0 aromatic rings. The lowest BCUT2D eigenvalue weighted by atomic mass is 10.1. The molecule has 1 saturated heterocycles. The average molecular weight is 241 g/mol. The van der Waals surface area contributed by atoms with Gasteiger partial charge in [0.2, 0.25) is 5.91 Å². The first-order valence-corrected chi connectivity index (χ1v) is 6.87. The van der Waals surface area contributed by atoms with Gasteiger partial charge in [-0.15, -0.1) is 0 Å². The van der Waals surface area contributed by atoms with E-state index in [-0.39, 0.29) is 11.9 Å². The highest BCUT2D eigenvalue weighted by molar-refractivity contribution is 5.76. The van der Waals surface area contributed by atoms with Crippen LogP contribution in [0.5, 0.6) is 0 Å². The van der Waals surface area contributed by atoms with Gasteiger partial charge < -0.3 is 15.5 Å². The van der Waals surface area contributed by atoms with Crippen LogP contribution >= 0.6 is 0 Å². The van der Waals surface area contributed by atoms with Gasteiger partial charge in [0, 0.05) is 32.1 Å². The first-order chi connectivity index (χ1) is 8.19. The maximum atomic E-state index is 12.1. The van der Waals surface area contributed by atoms with Crippen LogP contribution in [0.1, 0.15) is 39.0 Å². The second kappa shape index (κ2) is 7.67. The Morgan fingerprint density at radius 3 is 2.53 bits per heavy atom. The third kappa shape index (κ3) is 4.64. The molecule has 2 N–H and O–H groups in total. The van der Waals surface area contributed by atoms with E-state index in [4.69, 9.17) is 5.73 Å². The summed E-state index contributed by atoms with van der Waals surface area (Å²) in [5, 5.41) is 0. The van der Waals surface area contributed by atoms with Crippen LogP contribution in [-0.2, 0) is 4.79 Å². The minimum Gasteiger partial charge on any atom is -0.343 e.